The highest BCUT2D eigenvalue weighted by Crippen LogP contribution is 2.59. The monoisotopic (exact) mass is 517 g/mol. The van der Waals surface area contributed by atoms with E-state index in [4.69, 9.17) is 0 Å². The molecule has 3 aromatic rings. The fourth-order valence-corrected chi connectivity index (χ4v) is 5.91. The fraction of sp³-hybridized carbons (Fsp3) is 0.533. The van der Waals surface area contributed by atoms with Crippen LogP contribution in [0.3, 0.4) is 0 Å². The van der Waals surface area contributed by atoms with E-state index in [2.05, 4.69) is 32.2 Å². The van der Waals surface area contributed by atoms with E-state index >= 15 is 0 Å². The number of ketones is 1. The highest BCUT2D eigenvalue weighted by atomic mass is 16.2. The number of H-pyrrole nitrogens is 2. The molecule has 1 aliphatic heterocycles. The van der Waals surface area contributed by atoms with Crippen molar-refractivity contribution in [2.75, 3.05) is 20.1 Å². The first-order valence-electron chi connectivity index (χ1n) is 14.1. The summed E-state index contributed by atoms with van der Waals surface area (Å²) in [5.41, 5.74) is 1.94. The predicted molar refractivity (Wildman–Crippen MR) is 149 cm³/mol. The maximum absolute atomic E-state index is 13.4. The van der Waals surface area contributed by atoms with Gasteiger partial charge in [-0.1, -0.05) is 38.0 Å². The molecule has 1 spiro atoms. The maximum Gasteiger partial charge on any atom is 0.257 e. The van der Waals surface area contributed by atoms with E-state index in [1.807, 2.05) is 37.3 Å². The van der Waals surface area contributed by atoms with E-state index in [9.17, 15) is 14.4 Å². The number of imidazole rings is 1. The lowest BCUT2D eigenvalue weighted by atomic mass is 9.91. The van der Waals surface area contributed by atoms with Crippen molar-refractivity contribution in [1.29, 1.82) is 0 Å². The molecule has 1 saturated carbocycles. The maximum atomic E-state index is 13.4. The van der Waals surface area contributed by atoms with Crippen LogP contribution in [0.4, 0.5) is 0 Å². The summed E-state index contributed by atoms with van der Waals surface area (Å²) in [4.78, 5) is 51.1. The number of carbonyl (C=O) groups excluding carboxylic acids is 2. The van der Waals surface area contributed by atoms with Gasteiger partial charge in [0.25, 0.3) is 5.56 Å². The molecule has 3 N–H and O–H groups in total. The predicted octanol–water partition coefficient (Wildman–Crippen LogP) is 4.74. The molecule has 1 amide bonds. The quantitative estimate of drug-likeness (QED) is 0.318. The van der Waals surface area contributed by atoms with Crippen LogP contribution < -0.4 is 10.9 Å². The Labute approximate surface area is 223 Å². The number of rotatable bonds is 11. The number of unbranched alkanes of at least 4 members (excludes halogenated alkanes) is 2. The van der Waals surface area contributed by atoms with Gasteiger partial charge in [0, 0.05) is 24.3 Å². The van der Waals surface area contributed by atoms with Gasteiger partial charge in [-0.05, 0) is 75.2 Å². The summed E-state index contributed by atoms with van der Waals surface area (Å²) in [5.74, 6) is 1.15. The van der Waals surface area contributed by atoms with Crippen molar-refractivity contribution in [2.24, 2.45) is 11.3 Å². The molecule has 0 radical (unpaired) electrons. The SMILES string of the molecule is CCC(=O)CCCCC[C@H](NC(=O)[C@H]1CC12CCN(C)CC2)c1ncc(-c2cc3ccccc3[nH]c2=O)[nH]1. The van der Waals surface area contributed by atoms with Gasteiger partial charge in [-0.2, -0.15) is 0 Å². The van der Waals surface area contributed by atoms with Crippen LogP contribution in [0.2, 0.25) is 0 Å². The van der Waals surface area contributed by atoms with Crippen molar-refractivity contribution in [3.63, 3.8) is 0 Å². The minimum absolute atomic E-state index is 0.0682. The van der Waals surface area contributed by atoms with E-state index < -0.39 is 0 Å². The molecule has 8 nitrogen and oxygen atoms in total. The molecule has 0 unspecified atom stereocenters. The number of Topliss-reactive ketones (excluding diaryl/α,β-unsaturated/α-hetero) is 1. The van der Waals surface area contributed by atoms with Crippen LogP contribution >= 0.6 is 0 Å². The summed E-state index contributed by atoms with van der Waals surface area (Å²) >= 11 is 0. The smallest absolute Gasteiger partial charge is 0.257 e. The Morgan fingerprint density at radius 3 is 2.74 bits per heavy atom. The summed E-state index contributed by atoms with van der Waals surface area (Å²) in [6.07, 6.45) is 9.41. The Morgan fingerprint density at radius 2 is 1.95 bits per heavy atom. The third kappa shape index (κ3) is 5.75. The number of piperidine rings is 1. The molecule has 1 aliphatic carbocycles. The second-order valence-corrected chi connectivity index (χ2v) is 11.3. The first-order chi connectivity index (χ1) is 18.4. The molecule has 0 bridgehead atoms. The summed E-state index contributed by atoms with van der Waals surface area (Å²) in [5, 5.41) is 4.24. The minimum Gasteiger partial charge on any atom is -0.346 e. The summed E-state index contributed by atoms with van der Waals surface area (Å²) < 4.78 is 0. The van der Waals surface area contributed by atoms with Crippen molar-refractivity contribution in [3.05, 3.63) is 52.7 Å². The number of amides is 1. The zero-order valence-electron chi connectivity index (χ0n) is 22.5. The zero-order valence-corrected chi connectivity index (χ0v) is 22.5. The number of likely N-dealkylation sites (tertiary alicyclic amines) is 1. The molecular formula is C30H39N5O3. The number of pyridine rings is 1. The first kappa shape index (κ1) is 26.4. The largest absolute Gasteiger partial charge is 0.346 e. The van der Waals surface area contributed by atoms with E-state index in [1.165, 1.54) is 0 Å². The van der Waals surface area contributed by atoms with Crippen LogP contribution in [0.1, 0.15) is 76.6 Å². The molecule has 2 aromatic heterocycles. The van der Waals surface area contributed by atoms with Gasteiger partial charge >= 0.3 is 0 Å². The molecule has 2 atom stereocenters. The highest BCUT2D eigenvalue weighted by Gasteiger charge is 2.58. The average Bonchev–Trinajstić information content (AvgIpc) is 3.40. The molecule has 3 heterocycles. The van der Waals surface area contributed by atoms with E-state index in [-0.39, 0.29) is 28.8 Å². The fourth-order valence-electron chi connectivity index (χ4n) is 5.91. The van der Waals surface area contributed by atoms with Gasteiger partial charge in [0.15, 0.2) is 0 Å². The lowest BCUT2D eigenvalue weighted by molar-refractivity contribution is -0.124. The molecule has 1 saturated heterocycles. The van der Waals surface area contributed by atoms with Crippen LogP contribution in [0.5, 0.6) is 0 Å². The number of nitrogens with one attached hydrogen (secondary N) is 3. The molecule has 202 valence electrons. The molecule has 5 rings (SSSR count). The molecule has 8 heteroatoms. The lowest BCUT2D eigenvalue weighted by Gasteiger charge is -2.30. The number of aromatic nitrogens is 3. The molecule has 38 heavy (non-hydrogen) atoms. The van der Waals surface area contributed by atoms with Crippen LogP contribution in [-0.4, -0.2) is 51.7 Å². The number of aromatic amines is 2. The third-order valence-corrected chi connectivity index (χ3v) is 8.62. The number of carbonyl (C=O) groups is 2. The summed E-state index contributed by atoms with van der Waals surface area (Å²) in [7, 11) is 2.14. The summed E-state index contributed by atoms with van der Waals surface area (Å²) in [6.45, 7) is 4.00. The summed E-state index contributed by atoms with van der Waals surface area (Å²) in [6, 6.07) is 9.30. The van der Waals surface area contributed by atoms with Gasteiger partial charge in [-0.15, -0.1) is 0 Å². The average molecular weight is 518 g/mol. The van der Waals surface area contributed by atoms with Crippen LogP contribution in [0, 0.1) is 11.3 Å². The minimum atomic E-state index is -0.262. The Balaban J connectivity index is 1.31. The molecular weight excluding hydrogens is 478 g/mol. The second kappa shape index (κ2) is 11.2. The highest BCUT2D eigenvalue weighted by molar-refractivity contribution is 5.83. The lowest BCUT2D eigenvalue weighted by Crippen LogP contribution is -2.36. The first-order valence-corrected chi connectivity index (χ1v) is 14.1. The van der Waals surface area contributed by atoms with Gasteiger partial charge in [-0.3, -0.25) is 14.4 Å². The zero-order chi connectivity index (χ0) is 26.7. The van der Waals surface area contributed by atoms with Crippen molar-refractivity contribution >= 4 is 22.6 Å². The van der Waals surface area contributed by atoms with Gasteiger partial charge in [0.05, 0.1) is 23.5 Å². The molecule has 2 aliphatic rings. The number of para-hydroxylation sites is 1. The van der Waals surface area contributed by atoms with Crippen molar-refractivity contribution in [2.45, 2.75) is 70.8 Å². The Morgan fingerprint density at radius 1 is 1.16 bits per heavy atom. The number of benzene rings is 1. The van der Waals surface area contributed by atoms with E-state index in [0.717, 1.165) is 68.9 Å². The number of hydrogen-bond donors (Lipinski definition) is 3. The number of nitrogens with zero attached hydrogens (tertiary/aromatic N) is 2. The van der Waals surface area contributed by atoms with Crippen molar-refractivity contribution < 1.29 is 9.59 Å². The number of hydrogen-bond acceptors (Lipinski definition) is 5. The van der Waals surface area contributed by atoms with Crippen LogP contribution in [-0.2, 0) is 9.59 Å². The topological polar surface area (TPSA) is 111 Å². The van der Waals surface area contributed by atoms with Crippen LogP contribution in [0.25, 0.3) is 22.2 Å². The molecule has 2 fully saturated rings. The van der Waals surface area contributed by atoms with E-state index in [1.54, 1.807) is 6.20 Å². The van der Waals surface area contributed by atoms with Gasteiger partial charge in [0.1, 0.15) is 11.6 Å². The Bertz CT molecular complexity index is 1350. The Hall–Kier alpha value is -3.26. The second-order valence-electron chi connectivity index (χ2n) is 11.3. The van der Waals surface area contributed by atoms with Gasteiger partial charge in [0.2, 0.25) is 5.91 Å². The third-order valence-electron chi connectivity index (χ3n) is 8.62. The normalized spacial score (nSPS) is 19.5. The molecule has 1 aromatic carbocycles. The Kier molecular flexibility index (Phi) is 7.79. The van der Waals surface area contributed by atoms with Gasteiger partial charge in [-0.25, -0.2) is 4.98 Å². The van der Waals surface area contributed by atoms with Crippen molar-refractivity contribution in [1.82, 2.24) is 25.2 Å². The standard InChI is InChI=1S/C30H39N5O3/c1-3-21(36)10-5-4-6-12-25(34-29(38)23-18-30(23)13-15-35(2)16-14-30)27-31-19-26(32-27)22-17-20-9-7-8-11-24(20)33-28(22)37/h7-9,11,17,19,23,25H,3-6,10,12-16,18H2,1-2H3,(H,31,32)(H,33,37)(H,34,38)/t23-,25+/m1/s1. The van der Waals surface area contributed by atoms with Crippen LogP contribution in [0.15, 0.2) is 41.3 Å². The van der Waals surface area contributed by atoms with E-state index in [0.29, 0.717) is 35.7 Å². The van der Waals surface area contributed by atoms with Gasteiger partial charge < -0.3 is 20.2 Å². The van der Waals surface area contributed by atoms with Crippen molar-refractivity contribution in [3.8, 4) is 11.3 Å². The number of fused-ring (bicyclic) bond motifs is 1.